The molecule has 0 amide bonds. The normalized spacial score (nSPS) is 25.7. The summed E-state index contributed by atoms with van der Waals surface area (Å²) in [7, 11) is 0. The Hall–Kier alpha value is -1.39. The number of hydrogen-bond acceptors (Lipinski definition) is 3. The Balaban J connectivity index is 1.62. The van der Waals surface area contributed by atoms with Gasteiger partial charge in [0.2, 0.25) is 0 Å². The minimum absolute atomic E-state index is 0.216. The molecule has 1 aromatic rings. The topological polar surface area (TPSA) is 58.6 Å². The quantitative estimate of drug-likeness (QED) is 0.728. The second-order valence-corrected chi connectivity index (χ2v) is 7.30. The minimum atomic E-state index is -0.714. The number of rotatable bonds is 9. The van der Waals surface area contributed by atoms with Crippen molar-refractivity contribution in [2.75, 3.05) is 6.61 Å². The van der Waals surface area contributed by atoms with E-state index in [1.165, 1.54) is 24.8 Å². The summed E-state index contributed by atoms with van der Waals surface area (Å²) < 4.78 is 5.93. The van der Waals surface area contributed by atoms with Crippen molar-refractivity contribution in [3.63, 3.8) is 0 Å². The van der Waals surface area contributed by atoms with Gasteiger partial charge in [0, 0.05) is 30.5 Å². The predicted molar refractivity (Wildman–Crippen MR) is 94.0 cm³/mol. The average molecular weight is 331 g/mol. The fourth-order valence-electron chi connectivity index (χ4n) is 4.40. The van der Waals surface area contributed by atoms with Crippen molar-refractivity contribution in [3.8, 4) is 0 Å². The highest BCUT2D eigenvalue weighted by molar-refractivity contribution is 5.66. The first-order chi connectivity index (χ1) is 11.6. The van der Waals surface area contributed by atoms with Gasteiger partial charge in [-0.25, -0.2) is 0 Å². The van der Waals surface area contributed by atoms with E-state index in [1.807, 2.05) is 18.2 Å². The van der Waals surface area contributed by atoms with Crippen LogP contribution in [0, 0.1) is 5.41 Å². The maximum atomic E-state index is 11.0. The molecule has 2 N–H and O–H groups in total. The molecule has 2 aliphatic carbocycles. The zero-order chi connectivity index (χ0) is 17.0. The van der Waals surface area contributed by atoms with Crippen molar-refractivity contribution in [1.82, 2.24) is 5.32 Å². The lowest BCUT2D eigenvalue weighted by atomic mass is 9.51. The molecule has 4 nitrogen and oxygen atoms in total. The Kier molecular flexibility index (Phi) is 5.57. The SMILES string of the molecule is CCOC1CC(NC(CCC(=O)O)Cc2ccccc2)C12CCC2. The number of nitrogens with one attached hydrogen (secondary N) is 1. The van der Waals surface area contributed by atoms with Crippen molar-refractivity contribution in [2.24, 2.45) is 5.41 Å². The molecule has 0 radical (unpaired) electrons. The molecule has 132 valence electrons. The van der Waals surface area contributed by atoms with E-state index in [4.69, 9.17) is 9.84 Å². The highest BCUT2D eigenvalue weighted by Crippen LogP contribution is 2.57. The second kappa shape index (κ2) is 7.66. The van der Waals surface area contributed by atoms with Crippen molar-refractivity contribution in [1.29, 1.82) is 0 Å². The summed E-state index contributed by atoms with van der Waals surface area (Å²) in [5.41, 5.74) is 1.58. The van der Waals surface area contributed by atoms with E-state index in [1.54, 1.807) is 0 Å². The molecule has 0 aliphatic heterocycles. The molecule has 0 saturated heterocycles. The maximum Gasteiger partial charge on any atom is 0.303 e. The molecular weight excluding hydrogens is 302 g/mol. The Morgan fingerprint density at radius 1 is 1.38 bits per heavy atom. The van der Waals surface area contributed by atoms with E-state index < -0.39 is 5.97 Å². The van der Waals surface area contributed by atoms with Crippen LogP contribution in [-0.2, 0) is 16.0 Å². The van der Waals surface area contributed by atoms with Crippen molar-refractivity contribution >= 4 is 5.97 Å². The molecular formula is C20H29NO3. The minimum Gasteiger partial charge on any atom is -0.481 e. The molecule has 2 aliphatic rings. The van der Waals surface area contributed by atoms with Gasteiger partial charge in [-0.3, -0.25) is 4.79 Å². The van der Waals surface area contributed by atoms with Crippen LogP contribution in [0.4, 0.5) is 0 Å². The summed E-state index contributed by atoms with van der Waals surface area (Å²) in [6, 6.07) is 11.1. The van der Waals surface area contributed by atoms with Crippen LogP contribution < -0.4 is 5.32 Å². The lowest BCUT2D eigenvalue weighted by Gasteiger charge is -2.62. The van der Waals surface area contributed by atoms with Gasteiger partial charge in [0.15, 0.2) is 0 Å². The number of carboxylic acids is 1. The smallest absolute Gasteiger partial charge is 0.303 e. The van der Waals surface area contributed by atoms with E-state index in [9.17, 15) is 4.79 Å². The van der Waals surface area contributed by atoms with Gasteiger partial charge in [-0.05, 0) is 44.6 Å². The Morgan fingerprint density at radius 2 is 2.12 bits per heavy atom. The zero-order valence-corrected chi connectivity index (χ0v) is 14.5. The van der Waals surface area contributed by atoms with Crippen molar-refractivity contribution < 1.29 is 14.6 Å². The first-order valence-corrected chi connectivity index (χ1v) is 9.27. The zero-order valence-electron chi connectivity index (χ0n) is 14.5. The molecule has 4 heteroatoms. The summed E-state index contributed by atoms with van der Waals surface area (Å²) in [6.07, 6.45) is 7.02. The highest BCUT2D eigenvalue weighted by Gasteiger charge is 2.58. The Bertz CT molecular complexity index is 541. The fourth-order valence-corrected chi connectivity index (χ4v) is 4.40. The van der Waals surface area contributed by atoms with Crippen LogP contribution in [-0.4, -0.2) is 35.9 Å². The van der Waals surface area contributed by atoms with Crippen LogP contribution in [0.1, 0.15) is 51.0 Å². The van der Waals surface area contributed by atoms with Gasteiger partial charge in [0.1, 0.15) is 0 Å². The van der Waals surface area contributed by atoms with Crippen LogP contribution in [0.3, 0.4) is 0 Å². The van der Waals surface area contributed by atoms with Crippen LogP contribution in [0.25, 0.3) is 0 Å². The first kappa shape index (κ1) is 17.4. The Morgan fingerprint density at radius 3 is 2.71 bits per heavy atom. The lowest BCUT2D eigenvalue weighted by Crippen LogP contribution is -2.68. The predicted octanol–water partition coefficient (Wildman–Crippen LogP) is 3.40. The molecule has 2 saturated carbocycles. The van der Waals surface area contributed by atoms with Crippen LogP contribution in [0.2, 0.25) is 0 Å². The number of benzene rings is 1. The third-order valence-corrected chi connectivity index (χ3v) is 5.91. The third-order valence-electron chi connectivity index (χ3n) is 5.91. The summed E-state index contributed by atoms with van der Waals surface area (Å²) in [6.45, 7) is 2.85. The summed E-state index contributed by atoms with van der Waals surface area (Å²) >= 11 is 0. The number of carboxylic acid groups (broad SMARTS) is 1. The molecule has 0 aromatic heterocycles. The van der Waals surface area contributed by atoms with Gasteiger partial charge in [0.25, 0.3) is 0 Å². The van der Waals surface area contributed by atoms with E-state index >= 15 is 0 Å². The van der Waals surface area contributed by atoms with Gasteiger partial charge < -0.3 is 15.2 Å². The molecule has 3 atom stereocenters. The van der Waals surface area contributed by atoms with Crippen LogP contribution >= 0.6 is 0 Å². The number of hydrogen-bond donors (Lipinski definition) is 2. The Labute approximate surface area is 144 Å². The fraction of sp³-hybridized carbons (Fsp3) is 0.650. The van der Waals surface area contributed by atoms with E-state index in [-0.39, 0.29) is 12.5 Å². The van der Waals surface area contributed by atoms with E-state index in [0.29, 0.717) is 24.0 Å². The molecule has 0 bridgehead atoms. The van der Waals surface area contributed by atoms with Crippen molar-refractivity contribution in [3.05, 3.63) is 35.9 Å². The molecule has 1 aromatic carbocycles. The first-order valence-electron chi connectivity index (χ1n) is 9.27. The highest BCUT2D eigenvalue weighted by atomic mass is 16.5. The van der Waals surface area contributed by atoms with Crippen LogP contribution in [0.5, 0.6) is 0 Å². The molecule has 3 rings (SSSR count). The molecule has 3 unspecified atom stereocenters. The summed E-state index contributed by atoms with van der Waals surface area (Å²) in [4.78, 5) is 11.0. The van der Waals surface area contributed by atoms with Crippen molar-refractivity contribution in [2.45, 2.75) is 70.1 Å². The maximum absolute atomic E-state index is 11.0. The van der Waals surface area contributed by atoms with Gasteiger partial charge in [-0.1, -0.05) is 36.8 Å². The molecule has 0 heterocycles. The van der Waals surface area contributed by atoms with E-state index in [2.05, 4.69) is 24.4 Å². The van der Waals surface area contributed by atoms with Crippen LogP contribution in [0.15, 0.2) is 30.3 Å². The van der Waals surface area contributed by atoms with Gasteiger partial charge >= 0.3 is 5.97 Å². The lowest BCUT2D eigenvalue weighted by molar-refractivity contribution is -0.175. The monoisotopic (exact) mass is 331 g/mol. The molecule has 2 fully saturated rings. The number of carbonyl (C=O) groups is 1. The number of ether oxygens (including phenoxy) is 1. The van der Waals surface area contributed by atoms with Gasteiger partial charge in [-0.2, -0.15) is 0 Å². The van der Waals surface area contributed by atoms with Gasteiger partial charge in [0.05, 0.1) is 6.10 Å². The summed E-state index contributed by atoms with van der Waals surface area (Å²) in [5.74, 6) is -0.714. The van der Waals surface area contributed by atoms with Gasteiger partial charge in [-0.15, -0.1) is 0 Å². The largest absolute Gasteiger partial charge is 0.481 e. The van der Waals surface area contributed by atoms with E-state index in [0.717, 1.165) is 19.4 Å². The second-order valence-electron chi connectivity index (χ2n) is 7.30. The molecule has 24 heavy (non-hydrogen) atoms. The number of aliphatic carboxylic acids is 1. The average Bonchev–Trinajstić information content (AvgIpc) is 2.50. The molecule has 1 spiro atoms. The third kappa shape index (κ3) is 3.65. The summed E-state index contributed by atoms with van der Waals surface area (Å²) in [5, 5.41) is 12.9. The standard InChI is InChI=1S/C20H29NO3/c1-2-24-18-14-17(20(18)11-6-12-20)21-16(9-10-19(22)23)13-15-7-4-3-5-8-15/h3-5,7-8,16-18,21H,2,6,9-14H2,1H3,(H,22,23).